The smallest absolute Gasteiger partial charge is 0.318 e. The molecule has 3 aromatic rings. The summed E-state index contributed by atoms with van der Waals surface area (Å²) in [7, 11) is -1.50. The maximum absolute atomic E-state index is 12.1. The third-order valence-electron chi connectivity index (χ3n) is 5.04. The summed E-state index contributed by atoms with van der Waals surface area (Å²) in [4.78, 5) is 29.0. The molecule has 4 rings (SSSR count). The summed E-state index contributed by atoms with van der Waals surface area (Å²) in [6, 6.07) is 9.29. The fourth-order valence-corrected chi connectivity index (χ4v) is 4.70. The van der Waals surface area contributed by atoms with Gasteiger partial charge < -0.3 is 24.3 Å². The highest BCUT2D eigenvalue weighted by Crippen LogP contribution is 2.41. The largest absolute Gasteiger partial charge is 0.467 e. The van der Waals surface area contributed by atoms with Gasteiger partial charge in [0.15, 0.2) is 0 Å². The van der Waals surface area contributed by atoms with Crippen LogP contribution < -0.4 is 20.9 Å². The Kier molecular flexibility index (Phi) is 7.50. The van der Waals surface area contributed by atoms with Gasteiger partial charge in [-0.05, 0) is 24.5 Å². The first-order valence-corrected chi connectivity index (χ1v) is 11.6. The van der Waals surface area contributed by atoms with Gasteiger partial charge in [0.25, 0.3) is 12.0 Å². The molecule has 1 saturated heterocycles. The van der Waals surface area contributed by atoms with E-state index in [2.05, 4.69) is 27.1 Å². The van der Waals surface area contributed by atoms with E-state index in [9.17, 15) is 9.59 Å². The highest BCUT2D eigenvalue weighted by molar-refractivity contribution is 7.45. The number of benzene rings is 1. The third-order valence-corrected chi connectivity index (χ3v) is 6.28. The zero-order valence-corrected chi connectivity index (χ0v) is 18.8. The molecule has 0 radical (unpaired) electrons. The first kappa shape index (κ1) is 23.1. The first-order chi connectivity index (χ1) is 16.0. The number of rotatable bonds is 11. The van der Waals surface area contributed by atoms with Crippen LogP contribution in [0.4, 0.5) is 5.95 Å². The number of nitrogen functional groups attached to an aromatic ring is 1. The normalized spacial score (nSPS) is 21.2. The number of imidazole rings is 1. The number of hydrogen-bond donors (Lipinski definition) is 3. The van der Waals surface area contributed by atoms with Crippen molar-refractivity contribution in [2.75, 3.05) is 25.5 Å². The number of anilines is 1. The predicted molar refractivity (Wildman–Crippen MR) is 119 cm³/mol. The van der Waals surface area contributed by atoms with E-state index < -0.39 is 14.1 Å². The molecule has 33 heavy (non-hydrogen) atoms. The van der Waals surface area contributed by atoms with Crippen molar-refractivity contribution in [2.45, 2.75) is 25.6 Å². The molecule has 0 aliphatic carbocycles. The maximum Gasteiger partial charge on any atom is 0.318 e. The Morgan fingerprint density at radius 1 is 1.39 bits per heavy atom. The fourth-order valence-electron chi connectivity index (χ4n) is 3.60. The number of nitrogens with two attached hydrogens (primary N) is 1. The van der Waals surface area contributed by atoms with Gasteiger partial charge in [-0.1, -0.05) is 25.1 Å². The summed E-state index contributed by atoms with van der Waals surface area (Å²) < 4.78 is 24.3. The second-order valence-electron chi connectivity index (χ2n) is 7.48. The number of carbonyl (C=O) groups excluding carboxylic acids is 1. The summed E-state index contributed by atoms with van der Waals surface area (Å²) >= 11 is 0. The van der Waals surface area contributed by atoms with Gasteiger partial charge in [-0.25, -0.2) is 14.6 Å². The first-order valence-electron chi connectivity index (χ1n) is 10.4. The quantitative estimate of drug-likeness (QED) is 0.211. The van der Waals surface area contributed by atoms with Crippen molar-refractivity contribution in [1.82, 2.24) is 24.7 Å². The van der Waals surface area contributed by atoms with E-state index in [0.29, 0.717) is 24.5 Å². The lowest BCUT2D eigenvalue weighted by atomic mass is 10.00. The lowest BCUT2D eigenvalue weighted by molar-refractivity contribution is -0.128. The third kappa shape index (κ3) is 5.66. The Morgan fingerprint density at radius 2 is 2.21 bits per heavy atom. The van der Waals surface area contributed by atoms with Crippen molar-refractivity contribution in [3.8, 4) is 5.75 Å². The second kappa shape index (κ2) is 10.7. The van der Waals surface area contributed by atoms with E-state index >= 15 is 0 Å². The van der Waals surface area contributed by atoms with Crippen molar-refractivity contribution in [3.05, 3.63) is 52.6 Å². The summed E-state index contributed by atoms with van der Waals surface area (Å²) in [6.07, 6.45) is 1.80. The Hall–Kier alpha value is -3.05. The summed E-state index contributed by atoms with van der Waals surface area (Å²) in [6.45, 7) is 3.32. The van der Waals surface area contributed by atoms with Crippen LogP contribution in [0.2, 0.25) is 0 Å². The van der Waals surface area contributed by atoms with Gasteiger partial charge in [-0.2, -0.15) is 0 Å². The van der Waals surface area contributed by atoms with Crippen LogP contribution in [0.3, 0.4) is 0 Å². The molecule has 4 unspecified atom stereocenters. The van der Waals surface area contributed by atoms with Crippen LogP contribution in [0, 0.1) is 5.92 Å². The van der Waals surface area contributed by atoms with Gasteiger partial charge in [-0.3, -0.25) is 14.6 Å². The molecular weight excluding hydrogens is 451 g/mol. The molecule has 1 fully saturated rings. The van der Waals surface area contributed by atoms with Crippen LogP contribution in [-0.2, 0) is 18.8 Å². The Bertz CT molecular complexity index is 1130. The lowest BCUT2D eigenvalue weighted by Crippen LogP contribution is -2.21. The van der Waals surface area contributed by atoms with Gasteiger partial charge in [0.05, 0.1) is 24.6 Å². The van der Waals surface area contributed by atoms with Crippen molar-refractivity contribution >= 4 is 26.6 Å². The van der Waals surface area contributed by atoms with Gasteiger partial charge in [0, 0.05) is 6.54 Å². The molecule has 12 nitrogen and oxygen atoms in total. The monoisotopic (exact) mass is 476 g/mol. The number of aromatic nitrogens is 4. The zero-order valence-electron chi connectivity index (χ0n) is 17.9. The molecular formula is C20H25N6O6P. The molecule has 0 saturated carbocycles. The fraction of sp³-hybridized carbons (Fsp3) is 0.400. The molecule has 3 heterocycles. The van der Waals surface area contributed by atoms with Crippen LogP contribution >= 0.6 is 8.53 Å². The van der Waals surface area contributed by atoms with E-state index in [1.54, 1.807) is 6.20 Å². The van der Waals surface area contributed by atoms with Crippen LogP contribution in [0.1, 0.15) is 25.1 Å². The van der Waals surface area contributed by atoms with Gasteiger partial charge in [0.1, 0.15) is 18.5 Å². The van der Waals surface area contributed by atoms with Crippen LogP contribution in [0.15, 0.2) is 41.3 Å². The molecule has 4 N–H and O–H groups in total. The minimum absolute atomic E-state index is 0.00520. The van der Waals surface area contributed by atoms with Crippen molar-refractivity contribution in [1.29, 1.82) is 0 Å². The SMILES string of the molecule is CC1CC(COP(NCCOC=O)Oc2ccccc2)OC1c1cnc2c(=O)[nH]c(N)nn12. The molecule has 2 aromatic heterocycles. The number of aromatic amines is 1. The molecule has 0 amide bonds. The van der Waals surface area contributed by atoms with Crippen molar-refractivity contribution in [3.63, 3.8) is 0 Å². The number of H-pyrrole nitrogens is 1. The number of para-hydroxylation sites is 1. The van der Waals surface area contributed by atoms with Crippen molar-refractivity contribution < 1.29 is 23.3 Å². The summed E-state index contributed by atoms with van der Waals surface area (Å²) in [5.74, 6) is 0.798. The Balaban J connectivity index is 1.40. The number of nitrogens with zero attached hydrogens (tertiary/aromatic N) is 3. The minimum atomic E-state index is -1.50. The number of nitrogens with one attached hydrogen (secondary N) is 2. The zero-order chi connectivity index (χ0) is 23.2. The molecule has 1 aliphatic rings. The van der Waals surface area contributed by atoms with E-state index in [0.717, 1.165) is 6.42 Å². The highest BCUT2D eigenvalue weighted by Gasteiger charge is 2.36. The Morgan fingerprint density at radius 3 is 3.00 bits per heavy atom. The van der Waals surface area contributed by atoms with E-state index in [1.165, 1.54) is 4.52 Å². The topological polar surface area (TPSA) is 155 Å². The molecule has 4 atom stereocenters. The van der Waals surface area contributed by atoms with Crippen LogP contribution in [0.5, 0.6) is 5.75 Å². The van der Waals surface area contributed by atoms with Crippen LogP contribution in [0.25, 0.3) is 5.65 Å². The standard InChI is InChI=1S/C20H25N6O6P/c1-13-9-15(31-17(13)16-10-22-18-19(28)24-20(21)25-26(16)18)11-30-33(23-7-8-29-12-27)32-14-5-3-2-4-6-14/h2-6,10,12-13,15,17,23H,7-9,11H2,1H3,(H3,21,24,25,28). The minimum Gasteiger partial charge on any atom is -0.467 e. The average molecular weight is 476 g/mol. The van der Waals surface area contributed by atoms with E-state index in [1.807, 2.05) is 30.3 Å². The molecule has 176 valence electrons. The maximum atomic E-state index is 12.1. The second-order valence-corrected chi connectivity index (χ2v) is 8.75. The molecule has 13 heteroatoms. The molecule has 1 aliphatic heterocycles. The number of ether oxygens (including phenoxy) is 2. The molecule has 0 spiro atoms. The van der Waals surface area contributed by atoms with Crippen LogP contribution in [-0.4, -0.2) is 51.9 Å². The van der Waals surface area contributed by atoms with Gasteiger partial charge in [-0.15, -0.1) is 5.10 Å². The van der Waals surface area contributed by atoms with Gasteiger partial charge in [0.2, 0.25) is 11.6 Å². The van der Waals surface area contributed by atoms with Crippen molar-refractivity contribution in [2.24, 2.45) is 5.92 Å². The number of carbonyl (C=O) groups is 1. The number of hydrogen-bond acceptors (Lipinski definition) is 10. The average Bonchev–Trinajstić information content (AvgIpc) is 3.38. The van der Waals surface area contributed by atoms with Gasteiger partial charge >= 0.3 is 8.53 Å². The molecule has 1 aromatic carbocycles. The predicted octanol–water partition coefficient (Wildman–Crippen LogP) is 1.55. The molecule has 0 bridgehead atoms. The number of fused-ring (bicyclic) bond motifs is 1. The summed E-state index contributed by atoms with van der Waals surface area (Å²) in [5, 5.41) is 7.29. The summed E-state index contributed by atoms with van der Waals surface area (Å²) in [5.41, 5.74) is 6.10. The Labute approximate surface area is 190 Å². The highest BCUT2D eigenvalue weighted by atomic mass is 31.2. The van der Waals surface area contributed by atoms with E-state index in [-0.39, 0.29) is 42.9 Å². The lowest BCUT2D eigenvalue weighted by Gasteiger charge is -2.20. The van der Waals surface area contributed by atoms with E-state index in [4.69, 9.17) is 24.3 Å².